The smallest absolute Gasteiger partial charge is 0.247 e. The standard InChI is InChI=1S/C7H5ClF2INO2S/c1-3-2-4(15(8,13)14)5(6(9)10)7(11)12-3/h2,6H,1H3. The van der Waals surface area contributed by atoms with E-state index in [1.54, 1.807) is 22.6 Å². The molecule has 15 heavy (non-hydrogen) atoms. The molecule has 1 rings (SSSR count). The van der Waals surface area contributed by atoms with E-state index in [1.807, 2.05) is 0 Å². The summed E-state index contributed by atoms with van der Waals surface area (Å²) < 4.78 is 47.2. The number of rotatable bonds is 2. The minimum atomic E-state index is -4.18. The number of pyridine rings is 1. The first-order valence-electron chi connectivity index (χ1n) is 3.63. The van der Waals surface area contributed by atoms with Crippen LogP contribution in [0.2, 0.25) is 0 Å². The summed E-state index contributed by atoms with van der Waals surface area (Å²) in [6.07, 6.45) is -2.92. The Hall–Kier alpha value is -0.0200. The van der Waals surface area contributed by atoms with Crippen molar-refractivity contribution in [3.8, 4) is 0 Å². The van der Waals surface area contributed by atoms with Crippen molar-refractivity contribution in [2.24, 2.45) is 0 Å². The Kier molecular flexibility index (Phi) is 3.88. The average molecular weight is 368 g/mol. The van der Waals surface area contributed by atoms with Gasteiger partial charge in [0.05, 0.1) is 10.5 Å². The molecule has 0 bridgehead atoms. The summed E-state index contributed by atoms with van der Waals surface area (Å²) in [6.45, 7) is 1.50. The second-order valence-electron chi connectivity index (χ2n) is 2.70. The zero-order chi connectivity index (χ0) is 11.8. The van der Waals surface area contributed by atoms with Crippen LogP contribution in [0.15, 0.2) is 11.0 Å². The van der Waals surface area contributed by atoms with Crippen molar-refractivity contribution in [1.29, 1.82) is 0 Å². The van der Waals surface area contributed by atoms with E-state index in [-0.39, 0.29) is 3.70 Å². The Balaban J connectivity index is 3.62. The van der Waals surface area contributed by atoms with Gasteiger partial charge in [-0.2, -0.15) is 0 Å². The summed E-state index contributed by atoms with van der Waals surface area (Å²) in [5.41, 5.74) is -0.320. The molecule has 0 aliphatic carbocycles. The van der Waals surface area contributed by atoms with Gasteiger partial charge >= 0.3 is 0 Å². The van der Waals surface area contributed by atoms with Crippen molar-refractivity contribution >= 4 is 42.3 Å². The number of halogens is 4. The zero-order valence-electron chi connectivity index (χ0n) is 7.34. The Morgan fingerprint density at radius 2 is 2.07 bits per heavy atom. The van der Waals surface area contributed by atoms with Gasteiger partial charge in [0.25, 0.3) is 15.5 Å². The predicted molar refractivity (Wildman–Crippen MR) is 59.7 cm³/mol. The third-order valence-electron chi connectivity index (χ3n) is 1.58. The molecule has 0 fully saturated rings. The first-order valence-corrected chi connectivity index (χ1v) is 7.02. The van der Waals surface area contributed by atoms with Crippen LogP contribution in [0, 0.1) is 10.6 Å². The van der Waals surface area contributed by atoms with E-state index in [9.17, 15) is 17.2 Å². The van der Waals surface area contributed by atoms with Crippen LogP contribution in [0.3, 0.4) is 0 Å². The summed E-state index contributed by atoms with van der Waals surface area (Å²) in [7, 11) is 0.883. The molecule has 0 saturated heterocycles. The maximum absolute atomic E-state index is 12.6. The van der Waals surface area contributed by atoms with E-state index in [1.165, 1.54) is 6.92 Å². The predicted octanol–water partition coefficient (Wildman–Crippen LogP) is 2.86. The monoisotopic (exact) mass is 367 g/mol. The highest BCUT2D eigenvalue weighted by molar-refractivity contribution is 14.1. The fraction of sp³-hybridized carbons (Fsp3) is 0.286. The van der Waals surface area contributed by atoms with Crippen molar-refractivity contribution < 1.29 is 17.2 Å². The van der Waals surface area contributed by atoms with E-state index in [2.05, 4.69) is 4.98 Å². The summed E-state index contributed by atoms with van der Waals surface area (Å²) >= 11 is 1.55. The Labute approximate surface area is 103 Å². The number of aromatic nitrogens is 1. The topological polar surface area (TPSA) is 47.0 Å². The van der Waals surface area contributed by atoms with Gasteiger partial charge in [0.1, 0.15) is 3.70 Å². The molecule has 0 saturated carbocycles. The average Bonchev–Trinajstić information content (AvgIpc) is 1.99. The summed E-state index contributed by atoms with van der Waals surface area (Å²) in [4.78, 5) is 3.18. The normalized spacial score (nSPS) is 12.1. The van der Waals surface area contributed by atoms with Gasteiger partial charge in [0.2, 0.25) is 0 Å². The van der Waals surface area contributed by atoms with Gasteiger partial charge in [-0.3, -0.25) is 0 Å². The number of hydrogen-bond acceptors (Lipinski definition) is 3. The van der Waals surface area contributed by atoms with Gasteiger partial charge < -0.3 is 0 Å². The lowest BCUT2D eigenvalue weighted by atomic mass is 10.2. The van der Waals surface area contributed by atoms with Gasteiger partial charge in [-0.05, 0) is 35.6 Å². The van der Waals surface area contributed by atoms with Gasteiger partial charge in [0, 0.05) is 16.4 Å². The Morgan fingerprint density at radius 1 is 1.53 bits per heavy atom. The van der Waals surface area contributed by atoms with Gasteiger partial charge in [-0.15, -0.1) is 0 Å². The van der Waals surface area contributed by atoms with Crippen molar-refractivity contribution in [1.82, 2.24) is 4.98 Å². The molecule has 0 aliphatic heterocycles. The quantitative estimate of drug-likeness (QED) is 0.459. The lowest BCUT2D eigenvalue weighted by Gasteiger charge is -2.08. The van der Waals surface area contributed by atoms with E-state index in [0.717, 1.165) is 6.07 Å². The van der Waals surface area contributed by atoms with E-state index < -0.39 is 25.9 Å². The van der Waals surface area contributed by atoms with Crippen LogP contribution in [0.4, 0.5) is 8.78 Å². The fourth-order valence-electron chi connectivity index (χ4n) is 1.02. The second kappa shape index (κ2) is 4.46. The van der Waals surface area contributed by atoms with E-state index in [0.29, 0.717) is 5.69 Å². The molecule has 0 aromatic carbocycles. The SMILES string of the molecule is Cc1cc(S(=O)(=O)Cl)c(C(F)F)c(I)n1. The molecule has 0 unspecified atom stereocenters. The van der Waals surface area contributed by atoms with Crippen molar-refractivity contribution in [3.05, 3.63) is 21.0 Å². The van der Waals surface area contributed by atoms with Gasteiger partial charge in [-0.25, -0.2) is 22.2 Å². The number of alkyl halides is 2. The molecule has 0 radical (unpaired) electrons. The van der Waals surface area contributed by atoms with Crippen LogP contribution in [0.25, 0.3) is 0 Å². The van der Waals surface area contributed by atoms with Crippen LogP contribution >= 0.6 is 33.3 Å². The number of hydrogen-bond donors (Lipinski definition) is 0. The largest absolute Gasteiger partial charge is 0.267 e. The van der Waals surface area contributed by atoms with Crippen LogP contribution in [0.5, 0.6) is 0 Å². The van der Waals surface area contributed by atoms with Crippen molar-refractivity contribution in [2.75, 3.05) is 0 Å². The highest BCUT2D eigenvalue weighted by atomic mass is 127. The summed E-state index contributed by atoms with van der Waals surface area (Å²) in [5, 5.41) is 0. The van der Waals surface area contributed by atoms with Crippen LogP contribution in [-0.4, -0.2) is 13.4 Å². The number of nitrogens with zero attached hydrogens (tertiary/aromatic N) is 1. The van der Waals surface area contributed by atoms with Gasteiger partial charge in [0.15, 0.2) is 0 Å². The molecular weight excluding hydrogens is 363 g/mol. The second-order valence-corrected chi connectivity index (χ2v) is 6.26. The minimum absolute atomic E-state index is 0.0539. The molecule has 3 nitrogen and oxygen atoms in total. The molecular formula is C7H5ClF2INO2S. The Morgan fingerprint density at radius 3 is 2.47 bits per heavy atom. The molecule has 0 aliphatic rings. The number of aryl methyl sites for hydroxylation is 1. The summed E-state index contributed by atoms with van der Waals surface area (Å²) in [5.74, 6) is 0. The van der Waals surface area contributed by atoms with Crippen LogP contribution in [-0.2, 0) is 9.05 Å². The maximum Gasteiger partial charge on any atom is 0.267 e. The molecule has 1 aromatic rings. The van der Waals surface area contributed by atoms with Crippen molar-refractivity contribution in [3.63, 3.8) is 0 Å². The molecule has 8 heteroatoms. The molecule has 0 spiro atoms. The first-order chi connectivity index (χ1) is 6.73. The molecule has 0 atom stereocenters. The minimum Gasteiger partial charge on any atom is -0.247 e. The Bertz CT molecular complexity index is 492. The summed E-state index contributed by atoms with van der Waals surface area (Å²) in [6, 6.07) is 1.03. The molecule has 0 amide bonds. The molecule has 84 valence electrons. The third kappa shape index (κ3) is 2.97. The molecule has 1 heterocycles. The highest BCUT2D eigenvalue weighted by Gasteiger charge is 2.25. The van der Waals surface area contributed by atoms with Crippen LogP contribution in [0.1, 0.15) is 17.7 Å². The van der Waals surface area contributed by atoms with E-state index >= 15 is 0 Å². The zero-order valence-corrected chi connectivity index (χ0v) is 11.1. The maximum atomic E-state index is 12.6. The van der Waals surface area contributed by atoms with Crippen molar-refractivity contribution in [2.45, 2.75) is 18.2 Å². The third-order valence-corrected chi connectivity index (χ3v) is 3.77. The lowest BCUT2D eigenvalue weighted by Crippen LogP contribution is -2.04. The first kappa shape index (κ1) is 13.0. The molecule has 1 aromatic heterocycles. The van der Waals surface area contributed by atoms with E-state index in [4.69, 9.17) is 10.7 Å². The fourth-order valence-corrected chi connectivity index (χ4v) is 3.25. The highest BCUT2D eigenvalue weighted by Crippen LogP contribution is 2.32. The molecule has 0 N–H and O–H groups in total. The van der Waals surface area contributed by atoms with Gasteiger partial charge in [-0.1, -0.05) is 0 Å². The van der Waals surface area contributed by atoms with Crippen LogP contribution < -0.4 is 0 Å². The lowest BCUT2D eigenvalue weighted by molar-refractivity contribution is 0.146.